The fourth-order valence-corrected chi connectivity index (χ4v) is 0.813. The van der Waals surface area contributed by atoms with Crippen LogP contribution in [0, 0.1) is 0 Å². The van der Waals surface area contributed by atoms with Gasteiger partial charge in [0.2, 0.25) is 5.91 Å². The third-order valence-electron chi connectivity index (χ3n) is 1.59. The SMILES string of the molecule is CC(N)C(=O)NCCOCCOCCN. The summed E-state index contributed by atoms with van der Waals surface area (Å²) in [7, 11) is 0. The van der Waals surface area contributed by atoms with Crippen molar-refractivity contribution in [3.8, 4) is 0 Å². The molecule has 1 unspecified atom stereocenters. The number of hydrogen-bond donors (Lipinski definition) is 3. The largest absolute Gasteiger partial charge is 0.378 e. The Morgan fingerprint density at radius 2 is 1.87 bits per heavy atom. The molecule has 0 aliphatic carbocycles. The normalized spacial score (nSPS) is 12.5. The summed E-state index contributed by atoms with van der Waals surface area (Å²) in [6.07, 6.45) is 0. The molecular weight excluding hydrogens is 198 g/mol. The van der Waals surface area contributed by atoms with E-state index in [0.29, 0.717) is 39.5 Å². The highest BCUT2D eigenvalue weighted by Gasteiger charge is 2.04. The zero-order chi connectivity index (χ0) is 11.5. The maximum absolute atomic E-state index is 11.0. The van der Waals surface area contributed by atoms with E-state index in [2.05, 4.69) is 5.32 Å². The lowest BCUT2D eigenvalue weighted by atomic mass is 10.3. The van der Waals surface area contributed by atoms with Gasteiger partial charge in [-0.15, -0.1) is 0 Å². The van der Waals surface area contributed by atoms with Crippen LogP contribution in [0.5, 0.6) is 0 Å². The summed E-state index contributed by atoms with van der Waals surface area (Å²) in [5.74, 6) is -0.169. The van der Waals surface area contributed by atoms with Gasteiger partial charge in [-0.25, -0.2) is 0 Å². The second-order valence-electron chi connectivity index (χ2n) is 3.09. The summed E-state index contributed by atoms with van der Waals surface area (Å²) in [5, 5.41) is 2.63. The van der Waals surface area contributed by atoms with Crippen molar-refractivity contribution >= 4 is 5.91 Å². The van der Waals surface area contributed by atoms with Crippen LogP contribution in [0.1, 0.15) is 6.92 Å². The van der Waals surface area contributed by atoms with Crippen molar-refractivity contribution in [2.75, 3.05) is 39.5 Å². The van der Waals surface area contributed by atoms with E-state index in [1.165, 1.54) is 0 Å². The quantitative estimate of drug-likeness (QED) is 0.407. The molecule has 0 radical (unpaired) electrons. The lowest BCUT2D eigenvalue weighted by Crippen LogP contribution is -2.39. The van der Waals surface area contributed by atoms with Gasteiger partial charge in [0.1, 0.15) is 0 Å². The van der Waals surface area contributed by atoms with Crippen LogP contribution in [0.15, 0.2) is 0 Å². The summed E-state index contributed by atoms with van der Waals surface area (Å²) in [4.78, 5) is 11.0. The van der Waals surface area contributed by atoms with Crippen molar-refractivity contribution in [3.63, 3.8) is 0 Å². The first-order valence-corrected chi connectivity index (χ1v) is 5.07. The van der Waals surface area contributed by atoms with Crippen molar-refractivity contribution in [1.29, 1.82) is 0 Å². The third kappa shape index (κ3) is 9.61. The number of amides is 1. The minimum Gasteiger partial charge on any atom is -0.378 e. The number of carbonyl (C=O) groups excluding carboxylic acids is 1. The predicted octanol–water partition coefficient (Wildman–Crippen LogP) is -1.56. The maximum atomic E-state index is 11.0. The van der Waals surface area contributed by atoms with Crippen molar-refractivity contribution in [3.05, 3.63) is 0 Å². The molecule has 6 nitrogen and oxygen atoms in total. The van der Waals surface area contributed by atoms with Crippen LogP contribution in [-0.2, 0) is 14.3 Å². The molecule has 0 aromatic carbocycles. The summed E-state index contributed by atoms with van der Waals surface area (Å²) >= 11 is 0. The molecule has 90 valence electrons. The van der Waals surface area contributed by atoms with E-state index in [1.807, 2.05) is 0 Å². The van der Waals surface area contributed by atoms with E-state index < -0.39 is 6.04 Å². The molecule has 0 rings (SSSR count). The molecule has 0 aromatic heterocycles. The Bertz CT molecular complexity index is 165. The Balaban J connectivity index is 3.08. The van der Waals surface area contributed by atoms with Gasteiger partial charge in [-0.3, -0.25) is 4.79 Å². The highest BCUT2D eigenvalue weighted by Crippen LogP contribution is 1.78. The summed E-state index contributed by atoms with van der Waals surface area (Å²) in [6, 6.07) is -0.474. The van der Waals surface area contributed by atoms with E-state index in [-0.39, 0.29) is 5.91 Å². The standard InChI is InChI=1S/C9H21N3O3/c1-8(11)9(13)12-3-5-15-7-6-14-4-2-10/h8H,2-7,10-11H2,1H3,(H,12,13). The lowest BCUT2D eigenvalue weighted by Gasteiger charge is -2.08. The molecule has 1 amide bonds. The Hall–Kier alpha value is -0.690. The van der Waals surface area contributed by atoms with Crippen LogP contribution >= 0.6 is 0 Å². The zero-order valence-corrected chi connectivity index (χ0v) is 9.20. The van der Waals surface area contributed by atoms with Gasteiger partial charge >= 0.3 is 0 Å². The molecule has 6 heteroatoms. The van der Waals surface area contributed by atoms with Crippen LogP contribution in [0.3, 0.4) is 0 Å². The van der Waals surface area contributed by atoms with Crippen molar-refractivity contribution in [2.45, 2.75) is 13.0 Å². The fourth-order valence-electron chi connectivity index (χ4n) is 0.813. The molecule has 5 N–H and O–H groups in total. The Morgan fingerprint density at radius 3 is 2.40 bits per heavy atom. The number of ether oxygens (including phenoxy) is 2. The van der Waals surface area contributed by atoms with E-state index in [1.54, 1.807) is 6.92 Å². The zero-order valence-electron chi connectivity index (χ0n) is 9.20. The molecule has 1 atom stereocenters. The number of nitrogens with two attached hydrogens (primary N) is 2. The first-order chi connectivity index (χ1) is 7.18. The predicted molar refractivity (Wildman–Crippen MR) is 57.4 cm³/mol. The number of carbonyl (C=O) groups is 1. The highest BCUT2D eigenvalue weighted by molar-refractivity contribution is 5.80. The summed E-state index contributed by atoms with van der Waals surface area (Å²) < 4.78 is 10.3. The van der Waals surface area contributed by atoms with Gasteiger partial charge in [0.25, 0.3) is 0 Å². The minimum atomic E-state index is -0.474. The van der Waals surface area contributed by atoms with E-state index >= 15 is 0 Å². The van der Waals surface area contributed by atoms with Gasteiger partial charge < -0.3 is 26.3 Å². The Labute approximate surface area is 90.3 Å². The molecule has 0 aliphatic heterocycles. The van der Waals surface area contributed by atoms with Crippen molar-refractivity contribution < 1.29 is 14.3 Å². The van der Waals surface area contributed by atoms with Crippen LogP contribution < -0.4 is 16.8 Å². The highest BCUT2D eigenvalue weighted by atomic mass is 16.5. The summed E-state index contributed by atoms with van der Waals surface area (Å²) in [6.45, 7) is 4.67. The number of hydrogen-bond acceptors (Lipinski definition) is 5. The molecule has 0 bridgehead atoms. The lowest BCUT2D eigenvalue weighted by molar-refractivity contribution is -0.122. The first kappa shape index (κ1) is 14.3. The van der Waals surface area contributed by atoms with Crippen molar-refractivity contribution in [2.24, 2.45) is 11.5 Å². The molecule has 0 heterocycles. The molecule has 15 heavy (non-hydrogen) atoms. The summed E-state index contributed by atoms with van der Waals surface area (Å²) in [5.41, 5.74) is 10.6. The second-order valence-corrected chi connectivity index (χ2v) is 3.09. The van der Waals surface area contributed by atoms with Crippen LogP contribution in [-0.4, -0.2) is 51.5 Å². The molecule has 0 saturated heterocycles. The second kappa shape index (κ2) is 9.85. The van der Waals surface area contributed by atoms with Gasteiger partial charge in [0.05, 0.1) is 32.5 Å². The van der Waals surface area contributed by atoms with E-state index in [4.69, 9.17) is 20.9 Å². The van der Waals surface area contributed by atoms with Crippen LogP contribution in [0.2, 0.25) is 0 Å². The molecule has 0 aliphatic rings. The fraction of sp³-hybridized carbons (Fsp3) is 0.889. The smallest absolute Gasteiger partial charge is 0.236 e. The van der Waals surface area contributed by atoms with Gasteiger partial charge in [-0.2, -0.15) is 0 Å². The molecular formula is C9H21N3O3. The molecule has 0 aromatic rings. The van der Waals surface area contributed by atoms with Crippen molar-refractivity contribution in [1.82, 2.24) is 5.32 Å². The van der Waals surface area contributed by atoms with Crippen LogP contribution in [0.4, 0.5) is 0 Å². The molecule has 0 spiro atoms. The average Bonchev–Trinajstić information content (AvgIpc) is 2.21. The molecule has 0 saturated carbocycles. The average molecular weight is 219 g/mol. The maximum Gasteiger partial charge on any atom is 0.236 e. The van der Waals surface area contributed by atoms with E-state index in [0.717, 1.165) is 0 Å². The van der Waals surface area contributed by atoms with Gasteiger partial charge in [0.15, 0.2) is 0 Å². The number of rotatable bonds is 9. The molecule has 0 fully saturated rings. The monoisotopic (exact) mass is 219 g/mol. The Kier molecular flexibility index (Phi) is 9.40. The van der Waals surface area contributed by atoms with Gasteiger partial charge in [0, 0.05) is 13.1 Å². The van der Waals surface area contributed by atoms with E-state index in [9.17, 15) is 4.79 Å². The van der Waals surface area contributed by atoms with Gasteiger partial charge in [-0.05, 0) is 6.92 Å². The topological polar surface area (TPSA) is 99.6 Å². The number of nitrogens with one attached hydrogen (secondary N) is 1. The Morgan fingerprint density at radius 1 is 1.27 bits per heavy atom. The third-order valence-corrected chi connectivity index (χ3v) is 1.59. The minimum absolute atomic E-state index is 0.169. The van der Waals surface area contributed by atoms with Crippen LogP contribution in [0.25, 0.3) is 0 Å². The van der Waals surface area contributed by atoms with Gasteiger partial charge in [-0.1, -0.05) is 0 Å². The first-order valence-electron chi connectivity index (χ1n) is 5.07.